The summed E-state index contributed by atoms with van der Waals surface area (Å²) in [5, 5.41) is 20.5. The van der Waals surface area contributed by atoms with E-state index in [1.165, 1.54) is 6.20 Å². The van der Waals surface area contributed by atoms with E-state index >= 15 is 0 Å². The standard InChI is InChI=1S/C19H14N4O/c20-11-14(12-21)13-22-17-7-3-2-6-16(17)19(24)23-10-9-15-5-1-4-8-18(15)23/h1-8,13,22H,9-10H2. The van der Waals surface area contributed by atoms with Crippen molar-refractivity contribution >= 4 is 17.3 Å². The molecule has 5 nitrogen and oxygen atoms in total. The molecule has 0 unspecified atom stereocenters. The molecule has 0 fully saturated rings. The minimum absolute atomic E-state index is 0.0521. The number of para-hydroxylation sites is 2. The van der Waals surface area contributed by atoms with Gasteiger partial charge in [0.25, 0.3) is 5.91 Å². The van der Waals surface area contributed by atoms with Crippen molar-refractivity contribution in [2.45, 2.75) is 6.42 Å². The number of carbonyl (C=O) groups excluding carboxylic acids is 1. The van der Waals surface area contributed by atoms with Crippen LogP contribution in [0.1, 0.15) is 15.9 Å². The van der Waals surface area contributed by atoms with Gasteiger partial charge in [0.05, 0.1) is 11.3 Å². The number of allylic oxidation sites excluding steroid dienone is 1. The number of nitrogens with one attached hydrogen (secondary N) is 1. The number of rotatable bonds is 3. The van der Waals surface area contributed by atoms with Crippen LogP contribution in [-0.2, 0) is 6.42 Å². The largest absolute Gasteiger partial charge is 0.359 e. The molecule has 2 aromatic carbocycles. The number of hydrogen-bond acceptors (Lipinski definition) is 4. The lowest BCUT2D eigenvalue weighted by Gasteiger charge is -2.19. The van der Waals surface area contributed by atoms with Crippen molar-refractivity contribution in [2.75, 3.05) is 16.8 Å². The molecule has 1 heterocycles. The van der Waals surface area contributed by atoms with Gasteiger partial charge in [-0.2, -0.15) is 10.5 Å². The number of nitrogens with zero attached hydrogens (tertiary/aromatic N) is 3. The van der Waals surface area contributed by atoms with Crippen LogP contribution >= 0.6 is 0 Å². The Morgan fingerprint density at radius 1 is 1.08 bits per heavy atom. The Bertz CT molecular complexity index is 886. The molecule has 116 valence electrons. The van der Waals surface area contributed by atoms with Crippen LogP contribution in [0.3, 0.4) is 0 Å². The Balaban J connectivity index is 1.91. The van der Waals surface area contributed by atoms with Crippen LogP contribution in [0.2, 0.25) is 0 Å². The second-order valence-corrected chi connectivity index (χ2v) is 5.31. The van der Waals surface area contributed by atoms with Gasteiger partial charge in [-0.05, 0) is 30.2 Å². The molecule has 0 radical (unpaired) electrons. The molecule has 5 heteroatoms. The van der Waals surface area contributed by atoms with Crippen molar-refractivity contribution in [3.63, 3.8) is 0 Å². The van der Waals surface area contributed by atoms with Gasteiger partial charge in [-0.15, -0.1) is 0 Å². The molecule has 1 N–H and O–H groups in total. The summed E-state index contributed by atoms with van der Waals surface area (Å²) in [4.78, 5) is 14.7. The maximum Gasteiger partial charge on any atom is 0.260 e. The molecular formula is C19H14N4O. The zero-order valence-electron chi connectivity index (χ0n) is 12.9. The van der Waals surface area contributed by atoms with E-state index in [4.69, 9.17) is 10.5 Å². The number of hydrogen-bond donors (Lipinski definition) is 1. The maximum absolute atomic E-state index is 12.9. The monoisotopic (exact) mass is 314 g/mol. The van der Waals surface area contributed by atoms with Gasteiger partial charge in [0.15, 0.2) is 0 Å². The molecule has 24 heavy (non-hydrogen) atoms. The van der Waals surface area contributed by atoms with Crippen LogP contribution < -0.4 is 10.2 Å². The number of carbonyl (C=O) groups is 1. The van der Waals surface area contributed by atoms with E-state index in [0.29, 0.717) is 17.8 Å². The van der Waals surface area contributed by atoms with Crippen molar-refractivity contribution in [3.05, 3.63) is 71.4 Å². The van der Waals surface area contributed by atoms with Gasteiger partial charge in [-0.1, -0.05) is 30.3 Å². The van der Waals surface area contributed by atoms with Gasteiger partial charge in [0, 0.05) is 18.4 Å². The predicted octanol–water partition coefficient (Wildman–Crippen LogP) is 3.23. The second-order valence-electron chi connectivity index (χ2n) is 5.31. The minimum atomic E-state index is -0.105. The van der Waals surface area contributed by atoms with E-state index in [0.717, 1.165) is 17.7 Å². The maximum atomic E-state index is 12.9. The summed E-state index contributed by atoms with van der Waals surface area (Å²) < 4.78 is 0. The lowest BCUT2D eigenvalue weighted by molar-refractivity contribution is 0.0990. The summed E-state index contributed by atoms with van der Waals surface area (Å²) in [7, 11) is 0. The van der Waals surface area contributed by atoms with Gasteiger partial charge in [0.1, 0.15) is 17.7 Å². The van der Waals surface area contributed by atoms with Crippen LogP contribution in [0.25, 0.3) is 0 Å². The van der Waals surface area contributed by atoms with Crippen molar-refractivity contribution < 1.29 is 4.79 Å². The van der Waals surface area contributed by atoms with Crippen LogP contribution in [0.4, 0.5) is 11.4 Å². The second kappa shape index (κ2) is 6.68. The number of fused-ring (bicyclic) bond motifs is 1. The van der Waals surface area contributed by atoms with E-state index in [9.17, 15) is 4.79 Å². The van der Waals surface area contributed by atoms with E-state index in [1.54, 1.807) is 41.3 Å². The average Bonchev–Trinajstić information content (AvgIpc) is 3.06. The zero-order chi connectivity index (χ0) is 16.9. The highest BCUT2D eigenvalue weighted by Gasteiger charge is 2.26. The van der Waals surface area contributed by atoms with Crippen LogP contribution in [0.15, 0.2) is 60.3 Å². The summed E-state index contributed by atoms with van der Waals surface area (Å²) >= 11 is 0. The third-order valence-corrected chi connectivity index (χ3v) is 3.90. The highest BCUT2D eigenvalue weighted by Crippen LogP contribution is 2.30. The summed E-state index contributed by atoms with van der Waals surface area (Å²) in [6, 6.07) is 18.5. The topological polar surface area (TPSA) is 79.9 Å². The first-order valence-electron chi connectivity index (χ1n) is 7.50. The molecule has 1 aliphatic heterocycles. The zero-order valence-corrected chi connectivity index (χ0v) is 12.9. The predicted molar refractivity (Wildman–Crippen MR) is 91.2 cm³/mol. The molecule has 2 aromatic rings. The molecule has 0 aromatic heterocycles. The lowest BCUT2D eigenvalue weighted by atomic mass is 10.1. The number of benzene rings is 2. The minimum Gasteiger partial charge on any atom is -0.359 e. The molecule has 0 saturated carbocycles. The fourth-order valence-corrected chi connectivity index (χ4v) is 2.73. The van der Waals surface area contributed by atoms with Crippen molar-refractivity contribution in [1.29, 1.82) is 10.5 Å². The quantitative estimate of drug-likeness (QED) is 0.882. The highest BCUT2D eigenvalue weighted by atomic mass is 16.2. The summed E-state index contributed by atoms with van der Waals surface area (Å²) in [5.74, 6) is -0.105. The molecule has 0 saturated heterocycles. The summed E-state index contributed by atoms with van der Waals surface area (Å²) in [6.07, 6.45) is 2.15. The smallest absolute Gasteiger partial charge is 0.260 e. The SMILES string of the molecule is N#CC(C#N)=CNc1ccccc1C(=O)N1CCc2ccccc21. The van der Waals surface area contributed by atoms with Gasteiger partial charge in [-0.3, -0.25) is 4.79 Å². The van der Waals surface area contributed by atoms with Crippen LogP contribution in [0, 0.1) is 22.7 Å². The Morgan fingerprint density at radius 2 is 1.79 bits per heavy atom. The van der Waals surface area contributed by atoms with Crippen molar-refractivity contribution in [3.8, 4) is 12.1 Å². The molecular weight excluding hydrogens is 300 g/mol. The van der Waals surface area contributed by atoms with E-state index in [2.05, 4.69) is 5.32 Å². The van der Waals surface area contributed by atoms with E-state index < -0.39 is 0 Å². The first kappa shape index (κ1) is 15.3. The van der Waals surface area contributed by atoms with Crippen molar-refractivity contribution in [2.24, 2.45) is 0 Å². The van der Waals surface area contributed by atoms with Crippen LogP contribution in [-0.4, -0.2) is 12.5 Å². The number of nitriles is 2. The fourth-order valence-electron chi connectivity index (χ4n) is 2.73. The van der Waals surface area contributed by atoms with Gasteiger partial charge < -0.3 is 10.2 Å². The molecule has 0 spiro atoms. The first-order chi connectivity index (χ1) is 11.7. The van der Waals surface area contributed by atoms with E-state index in [-0.39, 0.29) is 11.5 Å². The highest BCUT2D eigenvalue weighted by molar-refractivity contribution is 6.10. The van der Waals surface area contributed by atoms with Gasteiger partial charge >= 0.3 is 0 Å². The molecule has 1 aliphatic rings. The lowest BCUT2D eigenvalue weighted by Crippen LogP contribution is -2.29. The number of amides is 1. The fraction of sp³-hybridized carbons (Fsp3) is 0.105. The molecule has 0 atom stereocenters. The number of anilines is 2. The Morgan fingerprint density at radius 3 is 2.58 bits per heavy atom. The average molecular weight is 314 g/mol. The Labute approximate surface area is 140 Å². The van der Waals surface area contributed by atoms with Crippen LogP contribution in [0.5, 0.6) is 0 Å². The molecule has 3 rings (SSSR count). The van der Waals surface area contributed by atoms with Crippen molar-refractivity contribution in [1.82, 2.24) is 0 Å². The van der Waals surface area contributed by atoms with E-state index in [1.807, 2.05) is 24.3 Å². The Kier molecular flexibility index (Phi) is 4.27. The normalized spacial score (nSPS) is 11.8. The van der Waals surface area contributed by atoms with Gasteiger partial charge in [0.2, 0.25) is 0 Å². The summed E-state index contributed by atoms with van der Waals surface area (Å²) in [5.41, 5.74) is 3.11. The van der Waals surface area contributed by atoms with Gasteiger partial charge in [-0.25, -0.2) is 0 Å². The Hall–Kier alpha value is -3.57. The third-order valence-electron chi connectivity index (χ3n) is 3.90. The third kappa shape index (κ3) is 2.84. The summed E-state index contributed by atoms with van der Waals surface area (Å²) in [6.45, 7) is 0.643. The molecule has 0 bridgehead atoms. The molecule has 1 amide bonds. The first-order valence-corrected chi connectivity index (χ1v) is 7.50. The molecule has 0 aliphatic carbocycles.